The maximum absolute atomic E-state index is 13.1. The van der Waals surface area contributed by atoms with Crippen LogP contribution < -0.4 is 0 Å². The zero-order valence-corrected chi connectivity index (χ0v) is 16.0. The minimum atomic E-state index is -0.380. The molecule has 138 valence electrons. The fourth-order valence-electron chi connectivity index (χ4n) is 3.27. The first kappa shape index (κ1) is 17.8. The van der Waals surface area contributed by atoms with Crippen molar-refractivity contribution in [1.29, 1.82) is 0 Å². The molecule has 4 rings (SSSR count). The highest BCUT2D eigenvalue weighted by molar-refractivity contribution is 8.00. The topological polar surface area (TPSA) is 59.2 Å². The third kappa shape index (κ3) is 3.90. The summed E-state index contributed by atoms with van der Waals surface area (Å²) in [6, 6.07) is 17.7. The molecule has 6 heteroatoms. The molecule has 2 heterocycles. The molecule has 27 heavy (non-hydrogen) atoms. The standard InChI is InChI=1S/C21H21N3O2S/c1-15-9-5-6-12-17(15)19-22-23-21(26-19)27-18(16-10-3-2-4-11-16)20(25)24-13-7-8-14-24/h2-6,9-12,18H,7-8,13-14H2,1H3/t18-/m1/s1. The third-order valence-corrected chi connectivity index (χ3v) is 5.82. The van der Waals surface area contributed by atoms with E-state index in [1.807, 2.05) is 66.4 Å². The largest absolute Gasteiger partial charge is 0.411 e. The Hall–Kier alpha value is -2.60. The van der Waals surface area contributed by atoms with Gasteiger partial charge in [-0.2, -0.15) is 0 Å². The molecule has 0 aliphatic carbocycles. The number of carbonyl (C=O) groups excluding carboxylic acids is 1. The SMILES string of the molecule is Cc1ccccc1-c1nnc(S[C@@H](C(=O)N2CCCC2)c2ccccc2)o1. The first-order valence-electron chi connectivity index (χ1n) is 9.12. The van der Waals surface area contributed by atoms with Crippen LogP contribution in [0.2, 0.25) is 0 Å². The second kappa shape index (κ2) is 7.96. The Bertz CT molecular complexity index is 920. The molecule has 5 nitrogen and oxygen atoms in total. The number of nitrogens with zero attached hydrogens (tertiary/aromatic N) is 3. The summed E-state index contributed by atoms with van der Waals surface area (Å²) in [6.45, 7) is 3.65. The number of benzene rings is 2. The van der Waals surface area contributed by atoms with Gasteiger partial charge in [0.05, 0.1) is 0 Å². The fourth-order valence-corrected chi connectivity index (χ4v) is 4.23. The molecule has 1 amide bonds. The van der Waals surface area contributed by atoms with Crippen LogP contribution in [0.5, 0.6) is 0 Å². The maximum Gasteiger partial charge on any atom is 0.277 e. The van der Waals surface area contributed by atoms with E-state index in [-0.39, 0.29) is 11.2 Å². The van der Waals surface area contributed by atoms with Crippen molar-refractivity contribution in [3.63, 3.8) is 0 Å². The highest BCUT2D eigenvalue weighted by atomic mass is 32.2. The summed E-state index contributed by atoms with van der Waals surface area (Å²) in [6.07, 6.45) is 2.13. The second-order valence-corrected chi connectivity index (χ2v) is 7.69. The zero-order chi connectivity index (χ0) is 18.6. The first-order chi connectivity index (χ1) is 13.2. The quantitative estimate of drug-likeness (QED) is 0.611. The van der Waals surface area contributed by atoms with Crippen LogP contribution in [-0.4, -0.2) is 34.1 Å². The predicted molar refractivity (Wildman–Crippen MR) is 105 cm³/mol. The van der Waals surface area contributed by atoms with E-state index in [9.17, 15) is 4.79 Å². The minimum Gasteiger partial charge on any atom is -0.411 e. The van der Waals surface area contributed by atoms with Gasteiger partial charge >= 0.3 is 0 Å². The van der Waals surface area contributed by atoms with Crippen LogP contribution in [0.25, 0.3) is 11.5 Å². The Morgan fingerprint density at radius 1 is 1.04 bits per heavy atom. The van der Waals surface area contributed by atoms with Gasteiger partial charge in [-0.3, -0.25) is 4.79 Å². The Labute approximate surface area is 162 Å². The monoisotopic (exact) mass is 379 g/mol. The van der Waals surface area contributed by atoms with Gasteiger partial charge in [0.1, 0.15) is 5.25 Å². The van der Waals surface area contributed by atoms with Crippen molar-refractivity contribution >= 4 is 17.7 Å². The first-order valence-corrected chi connectivity index (χ1v) is 10.0. The number of carbonyl (C=O) groups is 1. The van der Waals surface area contributed by atoms with E-state index in [0.29, 0.717) is 11.1 Å². The van der Waals surface area contributed by atoms with Crippen LogP contribution in [0, 0.1) is 6.92 Å². The molecule has 1 atom stereocenters. The van der Waals surface area contributed by atoms with Gasteiger partial charge < -0.3 is 9.32 Å². The summed E-state index contributed by atoms with van der Waals surface area (Å²) in [7, 11) is 0. The van der Waals surface area contributed by atoms with Gasteiger partial charge in [0.2, 0.25) is 11.8 Å². The summed E-state index contributed by atoms with van der Waals surface area (Å²) in [5.74, 6) is 0.593. The van der Waals surface area contributed by atoms with Crippen molar-refractivity contribution < 1.29 is 9.21 Å². The molecule has 1 aliphatic heterocycles. The number of amides is 1. The summed E-state index contributed by atoms with van der Waals surface area (Å²) in [4.78, 5) is 15.0. The normalized spacial score (nSPS) is 15.1. The van der Waals surface area contributed by atoms with E-state index in [4.69, 9.17) is 4.42 Å². The molecule has 3 aromatic rings. The van der Waals surface area contributed by atoms with Gasteiger partial charge in [0, 0.05) is 18.7 Å². The number of thioether (sulfide) groups is 1. The predicted octanol–water partition coefficient (Wildman–Crippen LogP) is 4.50. The molecule has 0 N–H and O–H groups in total. The smallest absolute Gasteiger partial charge is 0.277 e. The molecular formula is C21H21N3O2S. The van der Waals surface area contributed by atoms with Gasteiger partial charge in [-0.15, -0.1) is 10.2 Å². The average molecular weight is 379 g/mol. The number of hydrogen-bond acceptors (Lipinski definition) is 5. The van der Waals surface area contributed by atoms with E-state index in [1.165, 1.54) is 11.8 Å². The molecule has 2 aromatic carbocycles. The summed E-state index contributed by atoms with van der Waals surface area (Å²) in [5, 5.41) is 8.40. The van der Waals surface area contributed by atoms with Crippen LogP contribution >= 0.6 is 11.8 Å². The Balaban J connectivity index is 1.60. The van der Waals surface area contributed by atoms with Crippen LogP contribution in [0.4, 0.5) is 0 Å². The molecule has 0 spiro atoms. The molecular weight excluding hydrogens is 358 g/mol. The Morgan fingerprint density at radius 3 is 2.48 bits per heavy atom. The van der Waals surface area contributed by atoms with Crippen molar-refractivity contribution in [3.8, 4) is 11.5 Å². The number of aryl methyl sites for hydroxylation is 1. The average Bonchev–Trinajstić information content (AvgIpc) is 3.39. The lowest BCUT2D eigenvalue weighted by atomic mass is 10.1. The van der Waals surface area contributed by atoms with Crippen molar-refractivity contribution in [2.24, 2.45) is 0 Å². The van der Waals surface area contributed by atoms with E-state index >= 15 is 0 Å². The van der Waals surface area contributed by atoms with Crippen LogP contribution in [0.15, 0.2) is 64.2 Å². The van der Waals surface area contributed by atoms with Gasteiger partial charge in [0.25, 0.3) is 5.22 Å². The molecule has 0 bridgehead atoms. The Morgan fingerprint density at radius 2 is 1.74 bits per heavy atom. The van der Waals surface area contributed by atoms with Gasteiger partial charge in [0.15, 0.2) is 0 Å². The van der Waals surface area contributed by atoms with Crippen LogP contribution in [0.3, 0.4) is 0 Å². The van der Waals surface area contributed by atoms with Crippen molar-refractivity contribution in [1.82, 2.24) is 15.1 Å². The third-order valence-electron chi connectivity index (χ3n) is 4.74. The van der Waals surface area contributed by atoms with E-state index in [2.05, 4.69) is 10.2 Å². The van der Waals surface area contributed by atoms with E-state index in [0.717, 1.165) is 42.6 Å². The van der Waals surface area contributed by atoms with Crippen LogP contribution in [0.1, 0.15) is 29.2 Å². The van der Waals surface area contributed by atoms with Crippen molar-refractivity contribution in [2.75, 3.05) is 13.1 Å². The number of hydrogen-bond donors (Lipinski definition) is 0. The number of aromatic nitrogens is 2. The minimum absolute atomic E-state index is 0.111. The Kier molecular flexibility index (Phi) is 5.25. The summed E-state index contributed by atoms with van der Waals surface area (Å²) < 4.78 is 5.89. The highest BCUT2D eigenvalue weighted by Gasteiger charge is 2.30. The second-order valence-electron chi connectivity index (χ2n) is 6.63. The van der Waals surface area contributed by atoms with Crippen molar-refractivity contribution in [2.45, 2.75) is 30.2 Å². The molecule has 0 unspecified atom stereocenters. The number of rotatable bonds is 5. The number of likely N-dealkylation sites (tertiary alicyclic amines) is 1. The molecule has 1 fully saturated rings. The van der Waals surface area contributed by atoms with Crippen LogP contribution in [-0.2, 0) is 4.79 Å². The van der Waals surface area contributed by atoms with Gasteiger partial charge in [-0.1, -0.05) is 48.5 Å². The summed E-state index contributed by atoms with van der Waals surface area (Å²) in [5.41, 5.74) is 2.94. The molecule has 1 aliphatic rings. The zero-order valence-electron chi connectivity index (χ0n) is 15.2. The highest BCUT2D eigenvalue weighted by Crippen LogP contribution is 2.38. The van der Waals surface area contributed by atoms with E-state index in [1.54, 1.807) is 0 Å². The van der Waals surface area contributed by atoms with Crippen molar-refractivity contribution in [3.05, 3.63) is 65.7 Å². The molecule has 0 saturated carbocycles. The molecule has 1 aromatic heterocycles. The molecule has 1 saturated heterocycles. The van der Waals surface area contributed by atoms with E-state index < -0.39 is 0 Å². The maximum atomic E-state index is 13.1. The lowest BCUT2D eigenvalue weighted by Crippen LogP contribution is -2.31. The lowest BCUT2D eigenvalue weighted by molar-refractivity contribution is -0.129. The summed E-state index contributed by atoms with van der Waals surface area (Å²) >= 11 is 1.33. The fraction of sp³-hybridized carbons (Fsp3) is 0.286. The van der Waals surface area contributed by atoms with Gasteiger partial charge in [-0.25, -0.2) is 0 Å². The molecule has 0 radical (unpaired) electrons. The van der Waals surface area contributed by atoms with Gasteiger partial charge in [-0.05, 0) is 48.7 Å². The lowest BCUT2D eigenvalue weighted by Gasteiger charge is -2.22.